The minimum atomic E-state index is -0.933. The summed E-state index contributed by atoms with van der Waals surface area (Å²) in [5.41, 5.74) is 2.61. The summed E-state index contributed by atoms with van der Waals surface area (Å²) in [6, 6.07) is 14.4. The van der Waals surface area contributed by atoms with Gasteiger partial charge in [-0.15, -0.1) is 0 Å². The van der Waals surface area contributed by atoms with Crippen LogP contribution < -0.4 is 10.1 Å². The standard InChI is InChI=1S/C20H20N2O4/c1-12-18(16-6-4-5-7-17(16)21-12)20(24)26-13(2)19(23)22-14-8-10-15(25-3)11-9-14/h4-11,13,21H,1-3H3,(H,22,23). The Balaban J connectivity index is 1.69. The van der Waals surface area contributed by atoms with Gasteiger partial charge in [-0.3, -0.25) is 4.79 Å². The zero-order valence-corrected chi connectivity index (χ0v) is 14.8. The van der Waals surface area contributed by atoms with E-state index in [0.29, 0.717) is 22.7 Å². The molecule has 6 nitrogen and oxygen atoms in total. The Morgan fingerprint density at radius 1 is 1.08 bits per heavy atom. The minimum Gasteiger partial charge on any atom is -0.497 e. The molecule has 1 unspecified atom stereocenters. The zero-order valence-electron chi connectivity index (χ0n) is 14.8. The number of hydrogen-bond acceptors (Lipinski definition) is 4. The summed E-state index contributed by atoms with van der Waals surface area (Å²) in [6.07, 6.45) is -0.933. The Morgan fingerprint density at radius 3 is 2.46 bits per heavy atom. The number of para-hydroxylation sites is 1. The Kier molecular flexibility index (Phi) is 4.93. The number of aromatic nitrogens is 1. The van der Waals surface area contributed by atoms with Crippen LogP contribution >= 0.6 is 0 Å². The van der Waals surface area contributed by atoms with Gasteiger partial charge in [0.2, 0.25) is 0 Å². The molecular weight excluding hydrogens is 332 g/mol. The normalized spacial score (nSPS) is 11.8. The smallest absolute Gasteiger partial charge is 0.341 e. The molecule has 0 bridgehead atoms. The number of rotatable bonds is 5. The van der Waals surface area contributed by atoms with Gasteiger partial charge in [-0.2, -0.15) is 0 Å². The van der Waals surface area contributed by atoms with Gasteiger partial charge < -0.3 is 19.8 Å². The molecule has 0 aliphatic rings. The average molecular weight is 352 g/mol. The molecule has 0 aliphatic carbocycles. The lowest BCUT2D eigenvalue weighted by atomic mass is 10.1. The first kappa shape index (κ1) is 17.5. The number of hydrogen-bond donors (Lipinski definition) is 2. The molecule has 6 heteroatoms. The molecule has 0 saturated carbocycles. The van der Waals surface area contributed by atoms with Crippen molar-refractivity contribution in [3.05, 3.63) is 59.8 Å². The van der Waals surface area contributed by atoms with Gasteiger partial charge in [0.25, 0.3) is 5.91 Å². The number of aryl methyl sites for hydroxylation is 1. The van der Waals surface area contributed by atoms with E-state index in [4.69, 9.17) is 9.47 Å². The Hall–Kier alpha value is -3.28. The number of H-pyrrole nitrogens is 1. The summed E-state index contributed by atoms with van der Waals surface area (Å²) in [5, 5.41) is 3.49. The molecule has 2 aromatic carbocycles. The van der Waals surface area contributed by atoms with Crippen LogP contribution in [0.1, 0.15) is 23.0 Å². The summed E-state index contributed by atoms with van der Waals surface area (Å²) >= 11 is 0. The van der Waals surface area contributed by atoms with Crippen molar-refractivity contribution < 1.29 is 19.1 Å². The lowest BCUT2D eigenvalue weighted by molar-refractivity contribution is -0.123. The van der Waals surface area contributed by atoms with Crippen LogP contribution in [0.15, 0.2) is 48.5 Å². The van der Waals surface area contributed by atoms with Gasteiger partial charge in [-0.25, -0.2) is 4.79 Å². The van der Waals surface area contributed by atoms with Crippen LogP contribution in [0.2, 0.25) is 0 Å². The predicted molar refractivity (Wildman–Crippen MR) is 99.5 cm³/mol. The molecule has 0 aliphatic heterocycles. The highest BCUT2D eigenvalue weighted by molar-refractivity contribution is 6.06. The number of nitrogens with one attached hydrogen (secondary N) is 2. The molecule has 26 heavy (non-hydrogen) atoms. The van der Waals surface area contributed by atoms with Crippen LogP contribution in [0.5, 0.6) is 5.75 Å². The molecule has 0 radical (unpaired) electrons. The number of methoxy groups -OCH3 is 1. The maximum atomic E-state index is 12.6. The van der Waals surface area contributed by atoms with Crippen molar-refractivity contribution in [3.8, 4) is 5.75 Å². The molecule has 1 atom stereocenters. The number of benzene rings is 2. The van der Waals surface area contributed by atoms with Crippen molar-refractivity contribution in [2.75, 3.05) is 12.4 Å². The van der Waals surface area contributed by atoms with Crippen LogP contribution in [0.3, 0.4) is 0 Å². The summed E-state index contributed by atoms with van der Waals surface area (Å²) in [7, 11) is 1.57. The summed E-state index contributed by atoms with van der Waals surface area (Å²) < 4.78 is 10.4. The number of amides is 1. The highest BCUT2D eigenvalue weighted by Crippen LogP contribution is 2.23. The molecule has 1 amide bonds. The Labute approximate surface area is 151 Å². The van der Waals surface area contributed by atoms with Crippen LogP contribution in [0.25, 0.3) is 10.9 Å². The quantitative estimate of drug-likeness (QED) is 0.687. The molecule has 1 heterocycles. The molecule has 0 saturated heterocycles. The van der Waals surface area contributed by atoms with Crippen molar-refractivity contribution >= 4 is 28.5 Å². The first-order valence-corrected chi connectivity index (χ1v) is 8.23. The van der Waals surface area contributed by atoms with Crippen LogP contribution in [-0.4, -0.2) is 30.1 Å². The van der Waals surface area contributed by atoms with E-state index in [1.165, 1.54) is 0 Å². The first-order valence-electron chi connectivity index (χ1n) is 8.23. The van der Waals surface area contributed by atoms with E-state index in [1.54, 1.807) is 45.2 Å². The van der Waals surface area contributed by atoms with Gasteiger partial charge in [0.1, 0.15) is 5.75 Å². The van der Waals surface area contributed by atoms with Gasteiger partial charge in [-0.05, 0) is 44.2 Å². The Morgan fingerprint density at radius 2 is 1.77 bits per heavy atom. The number of ether oxygens (including phenoxy) is 2. The van der Waals surface area contributed by atoms with Crippen molar-refractivity contribution in [2.45, 2.75) is 20.0 Å². The van der Waals surface area contributed by atoms with Crippen LogP contribution in [0.4, 0.5) is 5.69 Å². The van der Waals surface area contributed by atoms with E-state index in [9.17, 15) is 9.59 Å². The number of esters is 1. The predicted octanol–water partition coefficient (Wildman–Crippen LogP) is 3.67. The van der Waals surface area contributed by atoms with Crippen molar-refractivity contribution in [3.63, 3.8) is 0 Å². The van der Waals surface area contributed by atoms with E-state index >= 15 is 0 Å². The third kappa shape index (κ3) is 3.54. The second kappa shape index (κ2) is 7.31. The monoisotopic (exact) mass is 352 g/mol. The largest absolute Gasteiger partial charge is 0.497 e. The van der Waals surface area contributed by atoms with Crippen LogP contribution in [0, 0.1) is 6.92 Å². The van der Waals surface area contributed by atoms with Gasteiger partial charge in [0.05, 0.1) is 12.7 Å². The molecular formula is C20H20N2O4. The average Bonchev–Trinajstić information content (AvgIpc) is 2.98. The van der Waals surface area contributed by atoms with Gasteiger partial charge in [0, 0.05) is 22.3 Å². The lowest BCUT2D eigenvalue weighted by Gasteiger charge is -2.14. The van der Waals surface area contributed by atoms with E-state index in [1.807, 2.05) is 24.3 Å². The maximum absolute atomic E-state index is 12.6. The number of carbonyl (C=O) groups excluding carboxylic acids is 2. The second-order valence-corrected chi connectivity index (χ2v) is 5.94. The zero-order chi connectivity index (χ0) is 18.7. The molecule has 1 aromatic heterocycles. The number of anilines is 1. The fraction of sp³-hybridized carbons (Fsp3) is 0.200. The first-order chi connectivity index (χ1) is 12.5. The van der Waals surface area contributed by atoms with Crippen molar-refractivity contribution in [1.29, 1.82) is 0 Å². The van der Waals surface area contributed by atoms with E-state index in [2.05, 4.69) is 10.3 Å². The molecule has 2 N–H and O–H groups in total. The summed E-state index contributed by atoms with van der Waals surface area (Å²) in [5.74, 6) is -0.240. The molecule has 0 fully saturated rings. The van der Waals surface area contributed by atoms with E-state index in [0.717, 1.165) is 10.9 Å². The molecule has 0 spiro atoms. The maximum Gasteiger partial charge on any atom is 0.341 e. The fourth-order valence-electron chi connectivity index (χ4n) is 2.73. The van der Waals surface area contributed by atoms with E-state index in [-0.39, 0.29) is 0 Å². The summed E-state index contributed by atoms with van der Waals surface area (Å²) in [6.45, 7) is 3.35. The third-order valence-electron chi connectivity index (χ3n) is 4.11. The second-order valence-electron chi connectivity index (χ2n) is 5.94. The van der Waals surface area contributed by atoms with Gasteiger partial charge in [-0.1, -0.05) is 18.2 Å². The number of aromatic amines is 1. The lowest BCUT2D eigenvalue weighted by Crippen LogP contribution is -2.30. The summed E-state index contributed by atoms with van der Waals surface area (Å²) in [4.78, 5) is 28.0. The molecule has 3 rings (SSSR count). The fourth-order valence-corrected chi connectivity index (χ4v) is 2.73. The Bertz CT molecular complexity index is 944. The third-order valence-corrected chi connectivity index (χ3v) is 4.11. The van der Waals surface area contributed by atoms with E-state index < -0.39 is 18.0 Å². The minimum absolute atomic E-state index is 0.402. The van der Waals surface area contributed by atoms with Crippen molar-refractivity contribution in [2.24, 2.45) is 0 Å². The van der Waals surface area contributed by atoms with Crippen molar-refractivity contribution in [1.82, 2.24) is 4.98 Å². The van der Waals surface area contributed by atoms with Gasteiger partial charge >= 0.3 is 5.97 Å². The number of carbonyl (C=O) groups is 2. The highest BCUT2D eigenvalue weighted by atomic mass is 16.5. The SMILES string of the molecule is COc1ccc(NC(=O)C(C)OC(=O)c2c(C)[nH]c3ccccc23)cc1. The number of fused-ring (bicyclic) bond motifs is 1. The van der Waals surface area contributed by atoms with Crippen LogP contribution in [-0.2, 0) is 9.53 Å². The molecule has 3 aromatic rings. The van der Waals surface area contributed by atoms with Gasteiger partial charge in [0.15, 0.2) is 6.10 Å². The highest BCUT2D eigenvalue weighted by Gasteiger charge is 2.23. The topological polar surface area (TPSA) is 80.4 Å². The molecule has 134 valence electrons.